The van der Waals surface area contributed by atoms with Crippen LogP contribution in [0.15, 0.2) is 53.5 Å². The summed E-state index contributed by atoms with van der Waals surface area (Å²) in [6.45, 7) is 6.03. The standard InChI is InChI=1S/C25H28FN3O4.C2HF3O2/c1-4-33-25(32)20-14-29(13-16-5-7-17(26)8-6-16)22-10-9-18(12-19(22)23(20)30)28-24(31)21(27)11-15(2)3;3-2(4,5)1(6)7/h5-10,12,14-15,21H,4,11,13,27H2,1-3H3,(H,28,31);(H,6,7). The van der Waals surface area contributed by atoms with Gasteiger partial charge in [0.1, 0.15) is 11.4 Å². The third-order valence-corrected chi connectivity index (χ3v) is 5.41. The monoisotopic (exact) mass is 567 g/mol. The van der Waals surface area contributed by atoms with E-state index in [1.807, 2.05) is 13.8 Å². The van der Waals surface area contributed by atoms with Gasteiger partial charge in [0.15, 0.2) is 0 Å². The lowest BCUT2D eigenvalue weighted by atomic mass is 10.0. The molecule has 0 saturated carbocycles. The number of carboxylic acids is 1. The van der Waals surface area contributed by atoms with E-state index in [1.165, 1.54) is 24.4 Å². The molecule has 0 bridgehead atoms. The molecular weight excluding hydrogens is 538 g/mol. The summed E-state index contributed by atoms with van der Waals surface area (Å²) in [4.78, 5) is 46.9. The number of rotatable bonds is 8. The lowest BCUT2D eigenvalue weighted by Gasteiger charge is -2.16. The van der Waals surface area contributed by atoms with Gasteiger partial charge in [-0.3, -0.25) is 9.59 Å². The van der Waals surface area contributed by atoms with E-state index in [4.69, 9.17) is 20.4 Å². The molecule has 0 aliphatic carbocycles. The highest BCUT2D eigenvalue weighted by molar-refractivity contribution is 5.98. The number of alkyl halides is 3. The lowest BCUT2D eigenvalue weighted by molar-refractivity contribution is -0.192. The van der Waals surface area contributed by atoms with Crippen molar-refractivity contribution in [2.75, 3.05) is 11.9 Å². The Morgan fingerprint density at radius 2 is 1.70 bits per heavy atom. The average Bonchev–Trinajstić information content (AvgIpc) is 2.86. The van der Waals surface area contributed by atoms with E-state index >= 15 is 0 Å². The summed E-state index contributed by atoms with van der Waals surface area (Å²) in [5.74, 6) is -3.94. The Kier molecular flexibility index (Phi) is 10.9. The molecule has 216 valence electrons. The molecule has 0 aliphatic heterocycles. The van der Waals surface area contributed by atoms with Gasteiger partial charge in [-0.1, -0.05) is 26.0 Å². The van der Waals surface area contributed by atoms with Crippen molar-refractivity contribution in [3.8, 4) is 0 Å². The largest absolute Gasteiger partial charge is 0.490 e. The molecule has 1 unspecified atom stereocenters. The Balaban J connectivity index is 0.000000708. The highest BCUT2D eigenvalue weighted by Gasteiger charge is 2.38. The van der Waals surface area contributed by atoms with Crippen LogP contribution < -0.4 is 16.5 Å². The van der Waals surface area contributed by atoms with Crippen LogP contribution >= 0.6 is 0 Å². The van der Waals surface area contributed by atoms with Crippen molar-refractivity contribution in [1.82, 2.24) is 4.57 Å². The molecule has 40 heavy (non-hydrogen) atoms. The quantitative estimate of drug-likeness (QED) is 0.272. The molecular formula is C27H29F4N3O6. The number of fused-ring (bicyclic) bond motifs is 1. The van der Waals surface area contributed by atoms with Gasteiger partial charge in [0, 0.05) is 23.8 Å². The highest BCUT2D eigenvalue weighted by atomic mass is 19.4. The maximum atomic E-state index is 13.3. The number of esters is 1. The number of anilines is 1. The summed E-state index contributed by atoms with van der Waals surface area (Å²) >= 11 is 0. The molecule has 0 aliphatic rings. The van der Waals surface area contributed by atoms with Gasteiger partial charge in [-0.2, -0.15) is 13.2 Å². The van der Waals surface area contributed by atoms with Gasteiger partial charge < -0.3 is 25.5 Å². The zero-order valence-electron chi connectivity index (χ0n) is 21.9. The van der Waals surface area contributed by atoms with Crippen LogP contribution in [0.4, 0.5) is 23.2 Å². The molecule has 0 saturated heterocycles. The smallest absolute Gasteiger partial charge is 0.475 e. The zero-order chi connectivity index (χ0) is 30.2. The van der Waals surface area contributed by atoms with E-state index < -0.39 is 29.6 Å². The summed E-state index contributed by atoms with van der Waals surface area (Å²) in [7, 11) is 0. The van der Waals surface area contributed by atoms with Gasteiger partial charge in [-0.05, 0) is 55.2 Å². The number of benzene rings is 2. The first-order chi connectivity index (χ1) is 18.6. The Labute approximate surface area is 226 Å². The topological polar surface area (TPSA) is 141 Å². The van der Waals surface area contributed by atoms with E-state index in [0.717, 1.165) is 5.56 Å². The molecule has 1 aromatic heterocycles. The number of carbonyl (C=O) groups excluding carboxylic acids is 2. The Morgan fingerprint density at radius 3 is 2.23 bits per heavy atom. The van der Waals surface area contributed by atoms with Crippen molar-refractivity contribution in [2.45, 2.75) is 46.0 Å². The molecule has 0 spiro atoms. The van der Waals surface area contributed by atoms with Gasteiger partial charge in [-0.25, -0.2) is 14.0 Å². The van der Waals surface area contributed by atoms with Crippen LogP contribution in [0.25, 0.3) is 10.9 Å². The molecule has 1 heterocycles. The molecule has 0 fully saturated rings. The zero-order valence-corrected chi connectivity index (χ0v) is 21.9. The van der Waals surface area contributed by atoms with Crippen LogP contribution in [0, 0.1) is 11.7 Å². The van der Waals surface area contributed by atoms with Gasteiger partial charge in [-0.15, -0.1) is 0 Å². The number of nitrogens with one attached hydrogen (secondary N) is 1. The predicted octanol–water partition coefficient (Wildman–Crippen LogP) is 4.31. The second-order valence-electron chi connectivity index (χ2n) is 9.11. The van der Waals surface area contributed by atoms with Crippen molar-refractivity contribution in [1.29, 1.82) is 0 Å². The van der Waals surface area contributed by atoms with Crippen molar-refractivity contribution in [3.05, 3.63) is 75.8 Å². The second kappa shape index (κ2) is 13.7. The van der Waals surface area contributed by atoms with E-state index in [0.29, 0.717) is 24.2 Å². The second-order valence-corrected chi connectivity index (χ2v) is 9.11. The predicted molar refractivity (Wildman–Crippen MR) is 139 cm³/mol. The highest BCUT2D eigenvalue weighted by Crippen LogP contribution is 2.20. The Bertz CT molecular complexity index is 1420. The van der Waals surface area contributed by atoms with Crippen LogP contribution in [0.3, 0.4) is 0 Å². The number of halogens is 4. The average molecular weight is 568 g/mol. The Hall–Kier alpha value is -4.26. The molecule has 1 amide bonds. The molecule has 4 N–H and O–H groups in total. The number of amides is 1. The van der Waals surface area contributed by atoms with E-state index in [-0.39, 0.29) is 35.2 Å². The van der Waals surface area contributed by atoms with Crippen LogP contribution in [0.1, 0.15) is 43.1 Å². The SMILES string of the molecule is CCOC(=O)c1cn(Cc2ccc(F)cc2)c2ccc(NC(=O)C(N)CC(C)C)cc2c1=O.O=C(O)C(F)(F)F. The molecule has 3 aromatic rings. The van der Waals surface area contributed by atoms with Gasteiger partial charge in [0.25, 0.3) is 0 Å². The van der Waals surface area contributed by atoms with E-state index in [1.54, 1.807) is 35.8 Å². The number of aliphatic carboxylic acids is 1. The van der Waals surface area contributed by atoms with Gasteiger partial charge in [0.05, 0.1) is 18.2 Å². The first kappa shape index (κ1) is 32.0. The van der Waals surface area contributed by atoms with Crippen molar-refractivity contribution in [2.24, 2.45) is 11.7 Å². The summed E-state index contributed by atoms with van der Waals surface area (Å²) < 4.78 is 51.8. The number of carboxylic acid groups (broad SMARTS) is 1. The van der Waals surface area contributed by atoms with Crippen molar-refractivity contribution < 1.29 is 41.8 Å². The number of nitrogens with two attached hydrogens (primary N) is 1. The Morgan fingerprint density at radius 1 is 1.10 bits per heavy atom. The summed E-state index contributed by atoms with van der Waals surface area (Å²) in [6, 6.07) is 10.2. The first-order valence-corrected chi connectivity index (χ1v) is 12.1. The number of hydrogen-bond acceptors (Lipinski definition) is 6. The normalized spacial score (nSPS) is 11.9. The number of pyridine rings is 1. The first-order valence-electron chi connectivity index (χ1n) is 12.1. The van der Waals surface area contributed by atoms with Crippen molar-refractivity contribution >= 4 is 34.4 Å². The molecule has 3 rings (SSSR count). The fourth-order valence-corrected chi connectivity index (χ4v) is 3.60. The maximum absolute atomic E-state index is 13.3. The molecule has 9 nitrogen and oxygen atoms in total. The maximum Gasteiger partial charge on any atom is 0.490 e. The summed E-state index contributed by atoms with van der Waals surface area (Å²) in [5.41, 5.74) is 7.09. The third kappa shape index (κ3) is 8.90. The minimum atomic E-state index is -5.08. The number of hydrogen-bond donors (Lipinski definition) is 3. The third-order valence-electron chi connectivity index (χ3n) is 5.41. The minimum Gasteiger partial charge on any atom is -0.475 e. The van der Waals surface area contributed by atoms with Gasteiger partial charge in [0.2, 0.25) is 11.3 Å². The number of nitrogens with zero attached hydrogens (tertiary/aromatic N) is 1. The molecule has 1 atom stereocenters. The van der Waals surface area contributed by atoms with Crippen LogP contribution in [0.5, 0.6) is 0 Å². The number of aromatic nitrogens is 1. The summed E-state index contributed by atoms with van der Waals surface area (Å²) in [5, 5.41) is 10.1. The van der Waals surface area contributed by atoms with Gasteiger partial charge >= 0.3 is 18.1 Å². The van der Waals surface area contributed by atoms with Crippen LogP contribution in [-0.2, 0) is 20.9 Å². The van der Waals surface area contributed by atoms with Crippen LogP contribution in [0.2, 0.25) is 0 Å². The summed E-state index contributed by atoms with van der Waals surface area (Å²) in [6.07, 6.45) is -3.11. The number of carbonyl (C=O) groups is 3. The minimum absolute atomic E-state index is 0.119. The van der Waals surface area contributed by atoms with E-state index in [9.17, 15) is 31.9 Å². The molecule has 2 aromatic carbocycles. The molecule has 0 radical (unpaired) electrons. The fraction of sp³-hybridized carbons (Fsp3) is 0.333. The van der Waals surface area contributed by atoms with Crippen molar-refractivity contribution in [3.63, 3.8) is 0 Å². The lowest BCUT2D eigenvalue weighted by Crippen LogP contribution is -2.36. The number of ether oxygens (including phenoxy) is 1. The van der Waals surface area contributed by atoms with Crippen LogP contribution in [-0.4, -0.2) is 46.3 Å². The molecule has 13 heteroatoms. The fourth-order valence-electron chi connectivity index (χ4n) is 3.60. The van der Waals surface area contributed by atoms with E-state index in [2.05, 4.69) is 5.32 Å².